The summed E-state index contributed by atoms with van der Waals surface area (Å²) < 4.78 is 10.7. The van der Waals surface area contributed by atoms with Crippen LogP contribution in [-0.4, -0.2) is 30.7 Å². The zero-order valence-electron chi connectivity index (χ0n) is 15.7. The molecule has 1 aromatic heterocycles. The summed E-state index contributed by atoms with van der Waals surface area (Å²) in [5.74, 6) is 0.453. The highest BCUT2D eigenvalue weighted by atomic mass is 35.5. The Bertz CT molecular complexity index is 880. The van der Waals surface area contributed by atoms with Crippen molar-refractivity contribution >= 4 is 17.4 Å². The van der Waals surface area contributed by atoms with E-state index in [1.807, 2.05) is 24.3 Å². The van der Waals surface area contributed by atoms with Crippen LogP contribution in [0.5, 0.6) is 0 Å². The molecule has 1 aromatic carbocycles. The Kier molecular flexibility index (Phi) is 6.17. The minimum absolute atomic E-state index is 0.280. The summed E-state index contributed by atoms with van der Waals surface area (Å²) in [5, 5.41) is 11.5. The van der Waals surface area contributed by atoms with E-state index >= 15 is 0 Å². The Morgan fingerprint density at radius 2 is 2.04 bits per heavy atom. The number of nitrogens with zero attached hydrogens (tertiary/aromatic N) is 2. The van der Waals surface area contributed by atoms with E-state index in [0.717, 1.165) is 41.2 Å². The molecule has 0 saturated carbocycles. The van der Waals surface area contributed by atoms with E-state index in [-0.39, 0.29) is 5.92 Å². The highest BCUT2D eigenvalue weighted by Crippen LogP contribution is 2.46. The second-order valence-corrected chi connectivity index (χ2v) is 6.78. The summed E-state index contributed by atoms with van der Waals surface area (Å²) in [6, 6.07) is 7.66. The van der Waals surface area contributed by atoms with Crippen LogP contribution >= 0.6 is 11.6 Å². The topological polar surface area (TPSA) is 63.5 Å². The molecule has 27 heavy (non-hydrogen) atoms. The number of hydrogen-bond donors (Lipinski definition) is 2. The quantitative estimate of drug-likeness (QED) is 0.534. The van der Waals surface area contributed by atoms with Crippen LogP contribution in [0, 0.1) is 6.57 Å². The lowest BCUT2D eigenvalue weighted by Gasteiger charge is -2.28. The van der Waals surface area contributed by atoms with Crippen LogP contribution in [0.15, 0.2) is 35.7 Å². The number of allylic oxidation sites excluding steroid dienone is 2. The number of nitrogens with one attached hydrogen (secondary N) is 2. The summed E-state index contributed by atoms with van der Waals surface area (Å²) in [7, 11) is 3.20. The van der Waals surface area contributed by atoms with Crippen LogP contribution < -0.4 is 5.32 Å². The first-order valence-corrected chi connectivity index (χ1v) is 9.27. The molecule has 142 valence electrons. The molecule has 0 spiro atoms. The third kappa shape index (κ3) is 3.72. The Labute approximate surface area is 164 Å². The molecule has 0 radical (unpaired) electrons. The number of methoxy groups -OCH3 is 2. The van der Waals surface area contributed by atoms with E-state index in [9.17, 15) is 0 Å². The van der Waals surface area contributed by atoms with Crippen LogP contribution in [0.2, 0.25) is 5.02 Å². The molecule has 1 atom stereocenters. The predicted molar refractivity (Wildman–Crippen MR) is 106 cm³/mol. The van der Waals surface area contributed by atoms with Crippen molar-refractivity contribution in [2.45, 2.75) is 38.4 Å². The smallest absolute Gasteiger partial charge is 0.196 e. The molecular weight excluding hydrogens is 364 g/mol. The second kappa shape index (κ2) is 8.57. The van der Waals surface area contributed by atoms with Crippen LogP contribution in [0.3, 0.4) is 0 Å². The number of H-pyrrole nitrogens is 1. The largest absolute Gasteiger partial charge is 0.356 e. The Morgan fingerprint density at radius 1 is 1.30 bits per heavy atom. The van der Waals surface area contributed by atoms with Gasteiger partial charge in [0.25, 0.3) is 0 Å². The van der Waals surface area contributed by atoms with Gasteiger partial charge in [0.2, 0.25) is 0 Å². The van der Waals surface area contributed by atoms with Gasteiger partial charge in [-0.05, 0) is 18.1 Å². The Morgan fingerprint density at radius 3 is 2.67 bits per heavy atom. The predicted octanol–water partition coefficient (Wildman–Crippen LogP) is 4.71. The lowest BCUT2D eigenvalue weighted by molar-refractivity contribution is -0.101. The molecular formula is C20H23ClN4O2. The summed E-state index contributed by atoms with van der Waals surface area (Å²) in [5.41, 5.74) is 4.25. The van der Waals surface area contributed by atoms with Crippen molar-refractivity contribution in [3.05, 3.63) is 68.9 Å². The Hall–Kier alpha value is -2.33. The molecule has 1 aliphatic rings. The second-order valence-electron chi connectivity index (χ2n) is 6.37. The van der Waals surface area contributed by atoms with E-state index in [0.29, 0.717) is 17.1 Å². The maximum atomic E-state index is 7.84. The maximum Gasteiger partial charge on any atom is 0.196 e. The van der Waals surface area contributed by atoms with Crippen LogP contribution in [0.4, 0.5) is 5.82 Å². The lowest BCUT2D eigenvalue weighted by Crippen LogP contribution is -2.21. The standard InChI is InChI=1S/C20H23ClN4O2/c1-5-8-14-19(22-2)17(12-9-6-7-10-13(12)21)18-15(11-16(26-3)27-4)24-25-20(18)23-14/h6-7,9-10,16-17H,5,8,11H2,1,3-4H3,(H2,23,24,25). The summed E-state index contributed by atoms with van der Waals surface area (Å²) in [4.78, 5) is 3.89. The van der Waals surface area contributed by atoms with Gasteiger partial charge in [-0.3, -0.25) is 5.10 Å². The van der Waals surface area contributed by atoms with Gasteiger partial charge in [-0.15, -0.1) is 0 Å². The number of anilines is 1. The summed E-state index contributed by atoms with van der Waals surface area (Å²) in [6.45, 7) is 9.93. The first-order chi connectivity index (χ1) is 13.1. The number of aromatic amines is 1. The molecule has 0 amide bonds. The van der Waals surface area contributed by atoms with Gasteiger partial charge in [-0.1, -0.05) is 43.1 Å². The molecule has 0 fully saturated rings. The van der Waals surface area contributed by atoms with E-state index < -0.39 is 6.29 Å². The Balaban J connectivity index is 2.17. The third-order valence-corrected chi connectivity index (χ3v) is 5.10. The van der Waals surface area contributed by atoms with Gasteiger partial charge in [-0.25, -0.2) is 4.85 Å². The highest BCUT2D eigenvalue weighted by Gasteiger charge is 2.35. The van der Waals surface area contributed by atoms with Gasteiger partial charge in [0.1, 0.15) is 0 Å². The monoisotopic (exact) mass is 386 g/mol. The zero-order valence-corrected chi connectivity index (χ0v) is 16.4. The normalized spacial score (nSPS) is 16.2. The average molecular weight is 387 g/mol. The number of rotatable bonds is 7. The number of ether oxygens (including phenoxy) is 2. The van der Waals surface area contributed by atoms with Crippen molar-refractivity contribution in [3.8, 4) is 0 Å². The third-order valence-electron chi connectivity index (χ3n) is 4.76. The summed E-state index contributed by atoms with van der Waals surface area (Å²) in [6.07, 6.45) is 1.79. The number of halogens is 1. The molecule has 2 heterocycles. The molecule has 0 bridgehead atoms. The number of aromatic nitrogens is 2. The highest BCUT2D eigenvalue weighted by molar-refractivity contribution is 6.31. The van der Waals surface area contributed by atoms with Crippen molar-refractivity contribution in [3.63, 3.8) is 0 Å². The van der Waals surface area contributed by atoms with Gasteiger partial charge in [0, 0.05) is 42.6 Å². The molecule has 2 aromatic rings. The molecule has 0 saturated heterocycles. The molecule has 7 heteroatoms. The minimum atomic E-state index is -0.404. The van der Waals surface area contributed by atoms with E-state index in [2.05, 4.69) is 27.3 Å². The SMILES string of the molecule is [C-]#[N+]C1=C(CCC)Nc2n[nH]c(CC(OC)OC)c2C1c1ccccc1Cl. The maximum absolute atomic E-state index is 7.84. The zero-order chi connectivity index (χ0) is 19.4. The number of benzene rings is 1. The average Bonchev–Trinajstić information content (AvgIpc) is 3.08. The molecule has 1 unspecified atom stereocenters. The van der Waals surface area contributed by atoms with Crippen LogP contribution in [0.1, 0.15) is 42.5 Å². The lowest BCUT2D eigenvalue weighted by atomic mass is 9.84. The van der Waals surface area contributed by atoms with Crippen LogP contribution in [0.25, 0.3) is 4.85 Å². The number of fused-ring (bicyclic) bond motifs is 1. The fourth-order valence-electron chi connectivity index (χ4n) is 3.48. The van der Waals surface area contributed by atoms with E-state index in [1.54, 1.807) is 14.2 Å². The fraction of sp³-hybridized carbons (Fsp3) is 0.400. The first kappa shape index (κ1) is 19.4. The van der Waals surface area contributed by atoms with Gasteiger partial charge >= 0.3 is 0 Å². The molecule has 0 aliphatic carbocycles. The van der Waals surface area contributed by atoms with Gasteiger partial charge in [0.15, 0.2) is 17.8 Å². The summed E-state index contributed by atoms with van der Waals surface area (Å²) >= 11 is 6.52. The molecule has 3 rings (SSSR count). The van der Waals surface area contributed by atoms with Crippen molar-refractivity contribution in [1.29, 1.82) is 0 Å². The van der Waals surface area contributed by atoms with Crippen LogP contribution in [-0.2, 0) is 15.9 Å². The molecule has 2 N–H and O–H groups in total. The minimum Gasteiger partial charge on any atom is -0.356 e. The van der Waals surface area contributed by atoms with Gasteiger partial charge in [0.05, 0.1) is 12.5 Å². The van der Waals surface area contributed by atoms with Crippen molar-refractivity contribution in [1.82, 2.24) is 10.2 Å². The van der Waals surface area contributed by atoms with Crippen molar-refractivity contribution in [2.75, 3.05) is 19.5 Å². The van der Waals surface area contributed by atoms with E-state index in [1.165, 1.54) is 0 Å². The first-order valence-electron chi connectivity index (χ1n) is 8.89. The van der Waals surface area contributed by atoms with Crippen molar-refractivity contribution in [2.24, 2.45) is 0 Å². The molecule has 1 aliphatic heterocycles. The van der Waals surface area contributed by atoms with E-state index in [4.69, 9.17) is 27.6 Å². The fourth-order valence-corrected chi connectivity index (χ4v) is 3.73. The number of hydrogen-bond acceptors (Lipinski definition) is 4. The van der Waals surface area contributed by atoms with Gasteiger partial charge < -0.3 is 14.8 Å². The molecule has 6 nitrogen and oxygen atoms in total. The van der Waals surface area contributed by atoms with Gasteiger partial charge in [-0.2, -0.15) is 5.10 Å². The van der Waals surface area contributed by atoms with Crippen molar-refractivity contribution < 1.29 is 9.47 Å².